The number of benzene rings is 2. The fraction of sp³-hybridized carbons (Fsp3) is 0.350. The molecule has 3 nitrogen and oxygen atoms in total. The molecule has 1 N–H and O–H groups in total. The van der Waals surface area contributed by atoms with Crippen molar-refractivity contribution in [2.45, 2.75) is 40.0 Å². The number of aryl methyl sites for hydroxylation is 3. The highest BCUT2D eigenvalue weighted by molar-refractivity contribution is 5.90. The third kappa shape index (κ3) is 5.44. The maximum Gasteiger partial charge on any atom is 0.224 e. The van der Waals surface area contributed by atoms with Gasteiger partial charge in [0, 0.05) is 12.1 Å². The smallest absolute Gasteiger partial charge is 0.224 e. The summed E-state index contributed by atoms with van der Waals surface area (Å²) in [6, 6.07) is 14.1. The van der Waals surface area contributed by atoms with E-state index in [0.717, 1.165) is 17.9 Å². The first-order chi connectivity index (χ1) is 11.1. The van der Waals surface area contributed by atoms with Crippen molar-refractivity contribution >= 4 is 11.6 Å². The summed E-state index contributed by atoms with van der Waals surface area (Å²) in [6.07, 6.45) is 2.19. The van der Waals surface area contributed by atoms with Crippen molar-refractivity contribution in [1.82, 2.24) is 0 Å². The molecule has 2 aromatic carbocycles. The van der Waals surface area contributed by atoms with Gasteiger partial charge >= 0.3 is 0 Å². The van der Waals surface area contributed by atoms with Crippen LogP contribution in [0.25, 0.3) is 0 Å². The highest BCUT2D eigenvalue weighted by atomic mass is 16.5. The summed E-state index contributed by atoms with van der Waals surface area (Å²) in [4.78, 5) is 11.9. The molecule has 2 aromatic rings. The summed E-state index contributed by atoms with van der Waals surface area (Å²) in [5.74, 6) is 0.884. The van der Waals surface area contributed by atoms with Crippen molar-refractivity contribution in [3.63, 3.8) is 0 Å². The van der Waals surface area contributed by atoms with Crippen LogP contribution in [0, 0.1) is 13.8 Å². The van der Waals surface area contributed by atoms with E-state index in [0.29, 0.717) is 19.4 Å². The Morgan fingerprint density at radius 2 is 1.78 bits per heavy atom. The molecule has 0 bridgehead atoms. The molecule has 0 aliphatic heterocycles. The SMILES string of the molecule is CCc1ccc(OCCCC(=O)Nc2ccc(C)c(C)c2)cc1. The fourth-order valence-electron chi connectivity index (χ4n) is 2.29. The Bertz CT molecular complexity index is 647. The van der Waals surface area contributed by atoms with Crippen LogP contribution < -0.4 is 10.1 Å². The van der Waals surface area contributed by atoms with Crippen molar-refractivity contribution in [3.8, 4) is 5.75 Å². The second-order valence-corrected chi connectivity index (χ2v) is 5.80. The number of hydrogen-bond donors (Lipinski definition) is 1. The van der Waals surface area contributed by atoms with Crippen LogP contribution in [0.5, 0.6) is 5.75 Å². The van der Waals surface area contributed by atoms with Crippen LogP contribution >= 0.6 is 0 Å². The topological polar surface area (TPSA) is 38.3 Å². The number of carbonyl (C=O) groups is 1. The monoisotopic (exact) mass is 311 g/mol. The first kappa shape index (κ1) is 17.1. The maximum absolute atomic E-state index is 11.9. The minimum atomic E-state index is 0.0261. The Kier molecular flexibility index (Phi) is 6.21. The van der Waals surface area contributed by atoms with Crippen LogP contribution in [0.15, 0.2) is 42.5 Å². The molecule has 3 heteroatoms. The average molecular weight is 311 g/mol. The third-order valence-corrected chi connectivity index (χ3v) is 3.94. The van der Waals surface area contributed by atoms with Gasteiger partial charge in [-0.3, -0.25) is 4.79 Å². The molecule has 23 heavy (non-hydrogen) atoms. The van der Waals surface area contributed by atoms with Gasteiger partial charge in [0.2, 0.25) is 5.91 Å². The number of nitrogens with one attached hydrogen (secondary N) is 1. The van der Waals surface area contributed by atoms with Crippen molar-refractivity contribution in [3.05, 3.63) is 59.2 Å². The molecule has 0 fully saturated rings. The van der Waals surface area contributed by atoms with Gasteiger partial charge < -0.3 is 10.1 Å². The van der Waals surface area contributed by atoms with Crippen LogP contribution in [-0.4, -0.2) is 12.5 Å². The van der Waals surface area contributed by atoms with Gasteiger partial charge in [-0.2, -0.15) is 0 Å². The number of carbonyl (C=O) groups excluding carboxylic acids is 1. The summed E-state index contributed by atoms with van der Waals surface area (Å²) in [5, 5.41) is 2.93. The van der Waals surface area contributed by atoms with Gasteiger partial charge in [-0.05, 0) is 67.6 Å². The molecular formula is C20H25NO2. The van der Waals surface area contributed by atoms with E-state index in [9.17, 15) is 4.79 Å². The minimum absolute atomic E-state index is 0.0261. The zero-order valence-electron chi connectivity index (χ0n) is 14.2. The molecule has 0 atom stereocenters. The summed E-state index contributed by atoms with van der Waals surface area (Å²) < 4.78 is 5.66. The molecule has 0 saturated carbocycles. The van der Waals surface area contributed by atoms with E-state index < -0.39 is 0 Å². The highest BCUT2D eigenvalue weighted by Crippen LogP contribution is 2.15. The zero-order chi connectivity index (χ0) is 16.7. The Labute approximate surface area is 138 Å². The lowest BCUT2D eigenvalue weighted by atomic mass is 10.1. The van der Waals surface area contributed by atoms with Gasteiger partial charge in [0.15, 0.2) is 0 Å². The second kappa shape index (κ2) is 8.37. The minimum Gasteiger partial charge on any atom is -0.494 e. The summed E-state index contributed by atoms with van der Waals surface area (Å²) in [6.45, 7) is 6.78. The van der Waals surface area contributed by atoms with E-state index in [1.54, 1.807) is 0 Å². The molecule has 0 aliphatic rings. The van der Waals surface area contributed by atoms with Gasteiger partial charge in [-0.25, -0.2) is 0 Å². The normalized spacial score (nSPS) is 10.4. The van der Waals surface area contributed by atoms with Crippen LogP contribution in [0.4, 0.5) is 5.69 Å². The molecule has 0 heterocycles. The predicted molar refractivity (Wildman–Crippen MR) is 95.1 cm³/mol. The highest BCUT2D eigenvalue weighted by Gasteiger charge is 2.04. The quantitative estimate of drug-likeness (QED) is 0.755. The summed E-state index contributed by atoms with van der Waals surface area (Å²) in [5.41, 5.74) is 4.56. The number of ether oxygens (including phenoxy) is 1. The molecule has 0 aromatic heterocycles. The number of rotatable bonds is 7. The van der Waals surface area contributed by atoms with E-state index in [1.807, 2.05) is 37.3 Å². The maximum atomic E-state index is 11.9. The average Bonchev–Trinajstić information content (AvgIpc) is 2.55. The summed E-state index contributed by atoms with van der Waals surface area (Å²) in [7, 11) is 0. The van der Waals surface area contributed by atoms with E-state index in [1.165, 1.54) is 16.7 Å². The van der Waals surface area contributed by atoms with Crippen LogP contribution in [0.1, 0.15) is 36.5 Å². The molecule has 0 aliphatic carbocycles. The standard InChI is InChI=1S/C20H25NO2/c1-4-17-8-11-19(12-9-17)23-13-5-6-20(22)21-18-10-7-15(2)16(3)14-18/h7-12,14H,4-6,13H2,1-3H3,(H,21,22). The first-order valence-electron chi connectivity index (χ1n) is 8.17. The molecule has 0 radical (unpaired) electrons. The first-order valence-corrected chi connectivity index (χ1v) is 8.17. The molecule has 0 unspecified atom stereocenters. The van der Waals surface area contributed by atoms with Gasteiger partial charge in [0.1, 0.15) is 5.75 Å². The van der Waals surface area contributed by atoms with E-state index in [2.05, 4.69) is 31.3 Å². The largest absolute Gasteiger partial charge is 0.494 e. The molecule has 0 spiro atoms. The number of hydrogen-bond acceptors (Lipinski definition) is 2. The predicted octanol–water partition coefficient (Wildman–Crippen LogP) is 4.66. The third-order valence-electron chi connectivity index (χ3n) is 3.94. The van der Waals surface area contributed by atoms with Gasteiger partial charge in [0.25, 0.3) is 0 Å². The summed E-state index contributed by atoms with van der Waals surface area (Å²) >= 11 is 0. The van der Waals surface area contributed by atoms with Crippen LogP contribution in [-0.2, 0) is 11.2 Å². The lowest BCUT2D eigenvalue weighted by Crippen LogP contribution is -2.13. The fourth-order valence-corrected chi connectivity index (χ4v) is 2.29. The lowest BCUT2D eigenvalue weighted by Gasteiger charge is -2.09. The number of amides is 1. The van der Waals surface area contributed by atoms with Crippen molar-refractivity contribution in [2.75, 3.05) is 11.9 Å². The Morgan fingerprint density at radius 1 is 1.04 bits per heavy atom. The Hall–Kier alpha value is -2.29. The lowest BCUT2D eigenvalue weighted by molar-refractivity contribution is -0.116. The van der Waals surface area contributed by atoms with Gasteiger partial charge in [-0.1, -0.05) is 25.1 Å². The van der Waals surface area contributed by atoms with E-state index in [-0.39, 0.29) is 5.91 Å². The zero-order valence-corrected chi connectivity index (χ0v) is 14.2. The Balaban J connectivity index is 1.70. The molecule has 0 saturated heterocycles. The molecule has 122 valence electrons. The van der Waals surface area contributed by atoms with Gasteiger partial charge in [0.05, 0.1) is 6.61 Å². The van der Waals surface area contributed by atoms with E-state index >= 15 is 0 Å². The van der Waals surface area contributed by atoms with E-state index in [4.69, 9.17) is 4.74 Å². The molecule has 2 rings (SSSR count). The van der Waals surface area contributed by atoms with Crippen LogP contribution in [0.3, 0.4) is 0 Å². The van der Waals surface area contributed by atoms with Crippen molar-refractivity contribution < 1.29 is 9.53 Å². The van der Waals surface area contributed by atoms with Crippen LogP contribution in [0.2, 0.25) is 0 Å². The molecular weight excluding hydrogens is 286 g/mol. The molecule has 1 amide bonds. The number of anilines is 1. The van der Waals surface area contributed by atoms with Gasteiger partial charge in [-0.15, -0.1) is 0 Å². The van der Waals surface area contributed by atoms with Crippen molar-refractivity contribution in [1.29, 1.82) is 0 Å². The van der Waals surface area contributed by atoms with Crippen molar-refractivity contribution in [2.24, 2.45) is 0 Å². The Morgan fingerprint density at radius 3 is 2.43 bits per heavy atom. The second-order valence-electron chi connectivity index (χ2n) is 5.80.